The molecule has 2 fully saturated rings. The first kappa shape index (κ1) is 20.5. The number of anilines is 1. The summed E-state index contributed by atoms with van der Waals surface area (Å²) in [5.41, 5.74) is 0.893. The first-order valence-corrected chi connectivity index (χ1v) is 12.0. The van der Waals surface area contributed by atoms with E-state index in [2.05, 4.69) is 19.9 Å². The summed E-state index contributed by atoms with van der Waals surface area (Å²) in [4.78, 5) is 29.5. The van der Waals surface area contributed by atoms with Crippen molar-refractivity contribution in [2.45, 2.75) is 36.5 Å². The van der Waals surface area contributed by atoms with Crippen LogP contribution in [0.3, 0.4) is 0 Å². The van der Waals surface area contributed by atoms with Crippen LogP contribution in [-0.2, 0) is 9.84 Å². The Hall–Kier alpha value is -2.75. The summed E-state index contributed by atoms with van der Waals surface area (Å²) < 4.78 is 24.7. The summed E-state index contributed by atoms with van der Waals surface area (Å²) in [5.74, 6) is 0.272. The minimum absolute atomic E-state index is 0.0519. The van der Waals surface area contributed by atoms with Crippen molar-refractivity contribution in [2.75, 3.05) is 37.3 Å². The van der Waals surface area contributed by atoms with Gasteiger partial charge < -0.3 is 14.9 Å². The van der Waals surface area contributed by atoms with E-state index in [-0.39, 0.29) is 22.5 Å². The molecule has 0 unspecified atom stereocenters. The lowest BCUT2D eigenvalue weighted by Gasteiger charge is -2.32. The predicted octanol–water partition coefficient (Wildman–Crippen LogP) is 1.60. The second-order valence-electron chi connectivity index (χ2n) is 7.88. The summed E-state index contributed by atoms with van der Waals surface area (Å²) in [6.07, 6.45) is 8.70. The molecule has 2 aromatic heterocycles. The normalized spacial score (nSPS) is 18.0. The molecule has 0 bridgehead atoms. The molecule has 1 N–H and O–H groups in total. The summed E-state index contributed by atoms with van der Waals surface area (Å²) in [7, 11) is -3.46. The summed E-state index contributed by atoms with van der Waals surface area (Å²) in [5, 5.41) is 9.57. The Morgan fingerprint density at radius 2 is 1.80 bits per heavy atom. The van der Waals surface area contributed by atoms with E-state index in [0.29, 0.717) is 43.1 Å². The molecule has 10 heteroatoms. The molecule has 2 saturated heterocycles. The van der Waals surface area contributed by atoms with Gasteiger partial charge in [0, 0.05) is 44.5 Å². The number of carbonyl (C=O) groups is 1. The minimum Gasteiger partial charge on any atom is -0.506 e. The third-order valence-corrected chi connectivity index (χ3v) is 6.81. The summed E-state index contributed by atoms with van der Waals surface area (Å²) in [6.45, 7) is 2.71. The van der Waals surface area contributed by atoms with Crippen LogP contribution >= 0.6 is 0 Å². The molecule has 1 amide bonds. The Morgan fingerprint density at radius 3 is 2.43 bits per heavy atom. The van der Waals surface area contributed by atoms with Gasteiger partial charge in [0.05, 0.1) is 23.7 Å². The Morgan fingerprint density at radius 1 is 1.10 bits per heavy atom. The number of pyridine rings is 1. The van der Waals surface area contributed by atoms with Gasteiger partial charge >= 0.3 is 0 Å². The first-order chi connectivity index (χ1) is 14.3. The van der Waals surface area contributed by atoms with Crippen LogP contribution in [-0.4, -0.2) is 71.7 Å². The molecule has 4 rings (SSSR count). The lowest BCUT2D eigenvalue weighted by Crippen LogP contribution is -2.38. The van der Waals surface area contributed by atoms with E-state index in [1.807, 2.05) is 0 Å². The van der Waals surface area contributed by atoms with E-state index in [1.165, 1.54) is 30.9 Å². The molecule has 0 spiro atoms. The molecule has 2 aliphatic heterocycles. The van der Waals surface area contributed by atoms with Crippen LogP contribution in [0.4, 0.5) is 5.95 Å². The van der Waals surface area contributed by atoms with Crippen LogP contribution < -0.4 is 4.90 Å². The zero-order chi connectivity index (χ0) is 21.3. The SMILES string of the molecule is CS(=O)(=O)c1cnc(N2CCCC2)nc1C1CCN(C(=O)c2cncc(O)c2)CC1. The van der Waals surface area contributed by atoms with Gasteiger partial charge in [-0.2, -0.15) is 0 Å². The van der Waals surface area contributed by atoms with Crippen molar-refractivity contribution < 1.29 is 18.3 Å². The largest absolute Gasteiger partial charge is 0.506 e. The highest BCUT2D eigenvalue weighted by molar-refractivity contribution is 7.90. The Bertz CT molecular complexity index is 1040. The zero-order valence-corrected chi connectivity index (χ0v) is 17.7. The molecule has 0 radical (unpaired) electrons. The Balaban J connectivity index is 1.54. The van der Waals surface area contributed by atoms with Crippen molar-refractivity contribution in [3.8, 4) is 5.75 Å². The maximum Gasteiger partial charge on any atom is 0.255 e. The van der Waals surface area contributed by atoms with Gasteiger partial charge in [-0.05, 0) is 31.7 Å². The van der Waals surface area contributed by atoms with Gasteiger partial charge in [-0.1, -0.05) is 0 Å². The van der Waals surface area contributed by atoms with Crippen molar-refractivity contribution in [1.29, 1.82) is 0 Å². The van der Waals surface area contributed by atoms with Gasteiger partial charge in [-0.15, -0.1) is 0 Å². The average Bonchev–Trinajstić information content (AvgIpc) is 3.27. The van der Waals surface area contributed by atoms with E-state index < -0.39 is 9.84 Å². The van der Waals surface area contributed by atoms with E-state index in [9.17, 15) is 18.3 Å². The second kappa shape index (κ2) is 8.17. The van der Waals surface area contributed by atoms with Crippen LogP contribution in [0, 0.1) is 0 Å². The highest BCUT2D eigenvalue weighted by Crippen LogP contribution is 2.33. The number of piperidine rings is 1. The topological polar surface area (TPSA) is 117 Å². The van der Waals surface area contributed by atoms with Crippen molar-refractivity contribution in [3.05, 3.63) is 35.9 Å². The Labute approximate surface area is 175 Å². The van der Waals surface area contributed by atoms with Crippen LogP contribution in [0.5, 0.6) is 5.75 Å². The maximum absolute atomic E-state index is 12.7. The second-order valence-corrected chi connectivity index (χ2v) is 9.87. The van der Waals surface area contributed by atoms with Crippen LogP contribution in [0.15, 0.2) is 29.6 Å². The van der Waals surface area contributed by atoms with Gasteiger partial charge in [0.2, 0.25) is 5.95 Å². The molecule has 30 heavy (non-hydrogen) atoms. The average molecular weight is 432 g/mol. The molecule has 0 aliphatic carbocycles. The van der Waals surface area contributed by atoms with Crippen molar-refractivity contribution in [3.63, 3.8) is 0 Å². The van der Waals surface area contributed by atoms with Gasteiger partial charge in [-0.25, -0.2) is 18.4 Å². The fourth-order valence-electron chi connectivity index (χ4n) is 4.11. The van der Waals surface area contributed by atoms with E-state index >= 15 is 0 Å². The van der Waals surface area contributed by atoms with Gasteiger partial charge in [-0.3, -0.25) is 9.78 Å². The number of carbonyl (C=O) groups excluding carboxylic acids is 1. The minimum atomic E-state index is -3.46. The first-order valence-electron chi connectivity index (χ1n) is 10.1. The number of aromatic hydroxyl groups is 1. The number of amides is 1. The van der Waals surface area contributed by atoms with Crippen molar-refractivity contribution >= 4 is 21.7 Å². The van der Waals surface area contributed by atoms with E-state index in [1.54, 1.807) is 4.90 Å². The lowest BCUT2D eigenvalue weighted by molar-refractivity contribution is 0.0710. The molecule has 2 aromatic rings. The number of hydrogen-bond acceptors (Lipinski definition) is 8. The van der Waals surface area contributed by atoms with Crippen molar-refractivity contribution in [2.24, 2.45) is 0 Å². The van der Waals surface area contributed by atoms with E-state index in [4.69, 9.17) is 0 Å². The lowest BCUT2D eigenvalue weighted by atomic mass is 9.93. The summed E-state index contributed by atoms with van der Waals surface area (Å²) in [6, 6.07) is 1.40. The quantitative estimate of drug-likeness (QED) is 0.776. The van der Waals surface area contributed by atoms with Crippen LogP contribution in [0.2, 0.25) is 0 Å². The highest BCUT2D eigenvalue weighted by atomic mass is 32.2. The molecule has 9 nitrogen and oxygen atoms in total. The number of sulfone groups is 1. The third kappa shape index (κ3) is 4.23. The standard InChI is InChI=1S/C20H25N5O4S/c1-30(28,29)17-13-22-20(25-6-2-3-7-25)23-18(17)14-4-8-24(9-5-14)19(27)15-10-16(26)12-21-11-15/h10-14,26H,2-9H2,1H3. The van der Waals surface area contributed by atoms with Crippen LogP contribution in [0.1, 0.15) is 47.7 Å². The number of likely N-dealkylation sites (tertiary alicyclic amines) is 1. The number of nitrogens with zero attached hydrogens (tertiary/aromatic N) is 5. The van der Waals surface area contributed by atoms with Gasteiger partial charge in [0.25, 0.3) is 5.91 Å². The Kier molecular flexibility index (Phi) is 5.59. The molecule has 0 atom stereocenters. The van der Waals surface area contributed by atoms with Crippen molar-refractivity contribution in [1.82, 2.24) is 19.9 Å². The van der Waals surface area contributed by atoms with Gasteiger partial charge in [0.1, 0.15) is 10.6 Å². The molecular formula is C20H25N5O4S. The highest BCUT2D eigenvalue weighted by Gasteiger charge is 2.30. The molecule has 2 aliphatic rings. The fourth-order valence-corrected chi connectivity index (χ4v) is 4.94. The third-order valence-electron chi connectivity index (χ3n) is 5.70. The zero-order valence-electron chi connectivity index (χ0n) is 16.9. The van der Waals surface area contributed by atoms with Gasteiger partial charge in [0.15, 0.2) is 9.84 Å². The summed E-state index contributed by atoms with van der Waals surface area (Å²) >= 11 is 0. The number of hydrogen-bond donors (Lipinski definition) is 1. The molecule has 0 saturated carbocycles. The van der Waals surface area contributed by atoms with E-state index in [0.717, 1.165) is 25.9 Å². The molecule has 160 valence electrons. The molecular weight excluding hydrogens is 406 g/mol. The number of aromatic nitrogens is 3. The smallest absolute Gasteiger partial charge is 0.255 e. The van der Waals surface area contributed by atoms with Crippen LogP contribution in [0.25, 0.3) is 0 Å². The number of rotatable bonds is 4. The molecule has 0 aromatic carbocycles. The monoisotopic (exact) mass is 431 g/mol. The fraction of sp³-hybridized carbons (Fsp3) is 0.500. The molecule has 4 heterocycles. The maximum atomic E-state index is 12.7. The predicted molar refractivity (Wildman–Crippen MR) is 110 cm³/mol.